The number of fused-ring (bicyclic) bond motifs is 1. The predicted molar refractivity (Wildman–Crippen MR) is 164 cm³/mol. The highest BCUT2D eigenvalue weighted by atomic mass is 32.1. The van der Waals surface area contributed by atoms with Crippen LogP contribution < -0.4 is 5.19 Å². The van der Waals surface area contributed by atoms with Crippen LogP contribution in [0, 0.1) is 0 Å². The molecule has 0 fully saturated rings. The molecular weight excluding hydrogens is 483 g/mol. The zero-order valence-corrected chi connectivity index (χ0v) is 23.2. The van der Waals surface area contributed by atoms with Crippen molar-refractivity contribution in [2.45, 2.75) is 19.6 Å². The lowest BCUT2D eigenvalue weighted by Gasteiger charge is -2.17. The van der Waals surface area contributed by atoms with Crippen LogP contribution in [0.1, 0.15) is 0 Å². The van der Waals surface area contributed by atoms with E-state index < -0.39 is 8.07 Å². The summed E-state index contributed by atoms with van der Waals surface area (Å²) in [5.74, 6) is 0. The molecule has 0 saturated heterocycles. The van der Waals surface area contributed by atoms with Gasteiger partial charge in [-0.25, -0.2) is 4.98 Å². The van der Waals surface area contributed by atoms with Gasteiger partial charge in [-0.2, -0.15) is 0 Å². The third-order valence-corrected chi connectivity index (χ3v) is 10.0. The van der Waals surface area contributed by atoms with Gasteiger partial charge in [0.05, 0.1) is 18.3 Å². The molecule has 180 valence electrons. The van der Waals surface area contributed by atoms with Crippen LogP contribution in [0.5, 0.6) is 0 Å². The minimum atomic E-state index is -1.33. The zero-order chi connectivity index (χ0) is 25.4. The molecule has 0 atom stereocenters. The molecule has 0 spiro atoms. The fraction of sp³-hybridized carbons (Fsp3) is 0.0882. The molecule has 37 heavy (non-hydrogen) atoms. The van der Waals surface area contributed by atoms with E-state index >= 15 is 0 Å². The number of aromatic nitrogens is 1. The fourth-order valence-corrected chi connectivity index (χ4v) is 6.85. The molecule has 5 aromatic carbocycles. The summed E-state index contributed by atoms with van der Waals surface area (Å²) in [5.41, 5.74) is 9.69. The second-order valence-corrected chi connectivity index (χ2v) is 16.7. The molecule has 0 N–H and O–H groups in total. The number of para-hydroxylation sites is 1. The van der Waals surface area contributed by atoms with Crippen molar-refractivity contribution in [3.8, 4) is 44.0 Å². The molecule has 0 aliphatic heterocycles. The first-order valence-electron chi connectivity index (χ1n) is 12.7. The molecule has 3 heteroatoms. The smallest absolute Gasteiger partial charge is 0.124 e. The van der Waals surface area contributed by atoms with E-state index in [-0.39, 0.29) is 0 Å². The summed E-state index contributed by atoms with van der Waals surface area (Å²) in [7, 11) is -1.33. The lowest BCUT2D eigenvalue weighted by molar-refractivity contribution is 1.47. The quantitative estimate of drug-likeness (QED) is 0.210. The van der Waals surface area contributed by atoms with Gasteiger partial charge in [-0.3, -0.25) is 0 Å². The van der Waals surface area contributed by atoms with Crippen molar-refractivity contribution in [2.24, 2.45) is 0 Å². The summed E-state index contributed by atoms with van der Waals surface area (Å²) in [6.07, 6.45) is 0. The normalized spacial score (nSPS) is 11.6. The number of hydrogen-bond acceptors (Lipinski definition) is 2. The standard InChI is InChI=1S/C34H29NSSi/c1-37(2,3)31-11-7-9-29(23-31)27-20-16-25(17-21-27)24-14-18-26(19-15-24)28-8-6-10-30(22-28)34-35-32-12-4-5-13-33(32)36-34/h4-23H,1-3H3. The van der Waals surface area contributed by atoms with Crippen LogP contribution in [0.2, 0.25) is 19.6 Å². The molecule has 0 radical (unpaired) electrons. The van der Waals surface area contributed by atoms with Crippen molar-refractivity contribution in [2.75, 3.05) is 0 Å². The zero-order valence-electron chi connectivity index (χ0n) is 21.4. The van der Waals surface area contributed by atoms with Crippen LogP contribution in [-0.2, 0) is 0 Å². The van der Waals surface area contributed by atoms with E-state index in [0.29, 0.717) is 0 Å². The van der Waals surface area contributed by atoms with Crippen molar-refractivity contribution in [1.29, 1.82) is 0 Å². The van der Waals surface area contributed by atoms with Crippen LogP contribution in [0.15, 0.2) is 121 Å². The van der Waals surface area contributed by atoms with Crippen molar-refractivity contribution in [1.82, 2.24) is 4.98 Å². The van der Waals surface area contributed by atoms with Gasteiger partial charge in [-0.1, -0.05) is 128 Å². The minimum Gasteiger partial charge on any atom is -0.236 e. The van der Waals surface area contributed by atoms with Gasteiger partial charge in [-0.15, -0.1) is 11.3 Å². The van der Waals surface area contributed by atoms with Gasteiger partial charge in [0.1, 0.15) is 5.01 Å². The van der Waals surface area contributed by atoms with Crippen LogP contribution in [0.25, 0.3) is 54.2 Å². The fourth-order valence-electron chi connectivity index (χ4n) is 4.70. The monoisotopic (exact) mass is 511 g/mol. The predicted octanol–water partition coefficient (Wildman–Crippen LogP) is 9.51. The maximum atomic E-state index is 4.84. The Labute approximate surface area is 224 Å². The van der Waals surface area contributed by atoms with Crippen molar-refractivity contribution in [3.63, 3.8) is 0 Å². The Balaban J connectivity index is 1.24. The third kappa shape index (κ3) is 4.93. The van der Waals surface area contributed by atoms with Gasteiger partial charge in [0.2, 0.25) is 0 Å². The molecule has 6 rings (SSSR count). The number of thiazole rings is 1. The Hall–Kier alpha value is -3.79. The van der Waals surface area contributed by atoms with E-state index in [1.165, 1.54) is 43.3 Å². The van der Waals surface area contributed by atoms with E-state index in [0.717, 1.165) is 16.1 Å². The lowest BCUT2D eigenvalue weighted by atomic mass is 9.97. The molecule has 1 aromatic heterocycles. The molecule has 0 amide bonds. The second kappa shape index (κ2) is 9.58. The van der Waals surface area contributed by atoms with Crippen LogP contribution >= 0.6 is 11.3 Å². The first kappa shape index (κ1) is 23.6. The molecule has 0 bridgehead atoms. The summed E-state index contributed by atoms with van der Waals surface area (Å²) in [6, 6.07) is 43.9. The van der Waals surface area contributed by atoms with E-state index in [1.807, 2.05) is 6.07 Å². The van der Waals surface area contributed by atoms with Crippen LogP contribution in [0.4, 0.5) is 0 Å². The van der Waals surface area contributed by atoms with Gasteiger partial charge in [0.15, 0.2) is 0 Å². The van der Waals surface area contributed by atoms with Crippen molar-refractivity contribution >= 4 is 34.8 Å². The number of nitrogens with zero attached hydrogens (tertiary/aromatic N) is 1. The topological polar surface area (TPSA) is 12.9 Å². The summed E-state index contributed by atoms with van der Waals surface area (Å²) >= 11 is 1.75. The summed E-state index contributed by atoms with van der Waals surface area (Å²) in [5, 5.41) is 2.56. The van der Waals surface area contributed by atoms with Crippen molar-refractivity contribution < 1.29 is 0 Å². The highest BCUT2D eigenvalue weighted by Crippen LogP contribution is 2.33. The van der Waals surface area contributed by atoms with Gasteiger partial charge >= 0.3 is 0 Å². The van der Waals surface area contributed by atoms with E-state index in [2.05, 4.69) is 135 Å². The highest BCUT2D eigenvalue weighted by molar-refractivity contribution is 7.21. The van der Waals surface area contributed by atoms with Gasteiger partial charge in [-0.05, 0) is 51.6 Å². The molecule has 1 heterocycles. The van der Waals surface area contributed by atoms with Crippen LogP contribution in [-0.4, -0.2) is 13.1 Å². The maximum Gasteiger partial charge on any atom is 0.124 e. The van der Waals surface area contributed by atoms with E-state index in [4.69, 9.17) is 4.98 Å². The largest absolute Gasteiger partial charge is 0.236 e. The maximum absolute atomic E-state index is 4.84. The summed E-state index contributed by atoms with van der Waals surface area (Å²) in [4.78, 5) is 4.84. The number of hydrogen-bond donors (Lipinski definition) is 0. The molecule has 6 aromatic rings. The summed E-state index contributed by atoms with van der Waals surface area (Å²) < 4.78 is 1.22. The minimum absolute atomic E-state index is 1.06. The average Bonchev–Trinajstić information content (AvgIpc) is 3.38. The Morgan fingerprint density at radius 1 is 0.486 bits per heavy atom. The van der Waals surface area contributed by atoms with Crippen LogP contribution in [0.3, 0.4) is 0 Å². The molecule has 0 saturated carbocycles. The number of rotatable bonds is 5. The van der Waals surface area contributed by atoms with Gasteiger partial charge in [0.25, 0.3) is 0 Å². The Morgan fingerprint density at radius 2 is 1.00 bits per heavy atom. The molecule has 0 aliphatic rings. The Bertz CT molecular complexity index is 1660. The SMILES string of the molecule is C[Si](C)(C)c1cccc(-c2ccc(-c3ccc(-c4cccc(-c5nc6ccccc6s5)c4)cc3)cc2)c1. The Morgan fingerprint density at radius 3 is 1.59 bits per heavy atom. The Kier molecular flexibility index (Phi) is 6.11. The van der Waals surface area contributed by atoms with Gasteiger partial charge in [0, 0.05) is 5.56 Å². The highest BCUT2D eigenvalue weighted by Gasteiger charge is 2.16. The second-order valence-electron chi connectivity index (χ2n) is 10.6. The van der Waals surface area contributed by atoms with E-state index in [1.54, 1.807) is 11.3 Å². The molecule has 0 unspecified atom stereocenters. The first-order valence-corrected chi connectivity index (χ1v) is 17.0. The molecular formula is C34H29NSSi. The first-order chi connectivity index (χ1) is 17.9. The lowest BCUT2D eigenvalue weighted by Crippen LogP contribution is -2.37. The van der Waals surface area contributed by atoms with Gasteiger partial charge < -0.3 is 0 Å². The average molecular weight is 512 g/mol. The van der Waals surface area contributed by atoms with Crippen molar-refractivity contribution in [3.05, 3.63) is 121 Å². The summed E-state index contributed by atoms with van der Waals surface area (Å²) in [6.45, 7) is 7.20. The van der Waals surface area contributed by atoms with E-state index in [9.17, 15) is 0 Å². The number of benzene rings is 5. The molecule has 1 nitrogen and oxygen atoms in total. The third-order valence-electron chi connectivity index (χ3n) is 6.90. The molecule has 0 aliphatic carbocycles.